The maximum atomic E-state index is 12.2. The predicted molar refractivity (Wildman–Crippen MR) is 110 cm³/mol. The number of hydrazine groups is 1. The summed E-state index contributed by atoms with van der Waals surface area (Å²) in [7, 11) is 3.78. The lowest BCUT2D eigenvalue weighted by molar-refractivity contribution is 0.0830. The van der Waals surface area contributed by atoms with Gasteiger partial charge in [-0.15, -0.1) is 11.8 Å². The van der Waals surface area contributed by atoms with E-state index in [9.17, 15) is 9.59 Å². The number of rotatable bonds is 6. The van der Waals surface area contributed by atoms with E-state index in [0.29, 0.717) is 17.1 Å². The number of nitrogens with zero attached hydrogens (tertiary/aromatic N) is 1. The molecule has 3 aromatic rings. The van der Waals surface area contributed by atoms with Gasteiger partial charge in [-0.1, -0.05) is 24.3 Å². The van der Waals surface area contributed by atoms with Crippen molar-refractivity contribution in [2.24, 2.45) is 0 Å². The van der Waals surface area contributed by atoms with Crippen LogP contribution in [-0.2, 0) is 5.75 Å². The van der Waals surface area contributed by atoms with Crippen LogP contribution in [0.4, 0.5) is 5.69 Å². The van der Waals surface area contributed by atoms with Gasteiger partial charge in [-0.25, -0.2) is 0 Å². The summed E-state index contributed by atoms with van der Waals surface area (Å²) in [6, 6.07) is 20.4. The Labute approximate surface area is 167 Å². The third kappa shape index (κ3) is 5.17. The average Bonchev–Trinajstić information content (AvgIpc) is 3.20. The highest BCUT2D eigenvalue weighted by Crippen LogP contribution is 2.23. The van der Waals surface area contributed by atoms with Crippen molar-refractivity contribution >= 4 is 29.3 Å². The first-order chi connectivity index (χ1) is 13.5. The van der Waals surface area contributed by atoms with Crippen molar-refractivity contribution in [2.45, 2.75) is 10.6 Å². The molecule has 0 radical (unpaired) electrons. The third-order valence-corrected chi connectivity index (χ3v) is 4.96. The molecule has 2 aromatic carbocycles. The molecule has 0 spiro atoms. The number of carbonyl (C=O) groups excluding carboxylic acids is 2. The number of carbonyl (C=O) groups is 2. The Morgan fingerprint density at radius 3 is 2.43 bits per heavy atom. The molecule has 1 heterocycles. The number of anilines is 1. The van der Waals surface area contributed by atoms with Crippen LogP contribution in [0.5, 0.6) is 0 Å². The van der Waals surface area contributed by atoms with E-state index in [0.717, 1.165) is 10.6 Å². The molecular formula is C21H21N3O3S. The number of furan rings is 1. The van der Waals surface area contributed by atoms with Gasteiger partial charge < -0.3 is 9.32 Å². The highest BCUT2D eigenvalue weighted by atomic mass is 32.2. The fourth-order valence-electron chi connectivity index (χ4n) is 2.42. The first-order valence-corrected chi connectivity index (χ1v) is 9.66. The fraction of sp³-hybridized carbons (Fsp3) is 0.143. The van der Waals surface area contributed by atoms with Gasteiger partial charge in [0.2, 0.25) is 0 Å². The fourth-order valence-corrected chi connectivity index (χ4v) is 3.23. The molecule has 1 aromatic heterocycles. The Balaban J connectivity index is 1.53. The van der Waals surface area contributed by atoms with Gasteiger partial charge >= 0.3 is 5.91 Å². The molecule has 0 aliphatic carbocycles. The van der Waals surface area contributed by atoms with Gasteiger partial charge in [-0.05, 0) is 42.5 Å². The van der Waals surface area contributed by atoms with Crippen molar-refractivity contribution in [2.75, 3.05) is 19.0 Å². The monoisotopic (exact) mass is 395 g/mol. The van der Waals surface area contributed by atoms with Crippen LogP contribution in [-0.4, -0.2) is 25.9 Å². The van der Waals surface area contributed by atoms with Gasteiger partial charge in [0.05, 0.1) is 5.75 Å². The summed E-state index contributed by atoms with van der Waals surface area (Å²) < 4.78 is 5.56. The van der Waals surface area contributed by atoms with E-state index in [1.54, 1.807) is 42.1 Å². The molecule has 0 aliphatic heterocycles. The normalized spacial score (nSPS) is 10.4. The van der Waals surface area contributed by atoms with Crippen LogP contribution in [0.15, 0.2) is 76.0 Å². The van der Waals surface area contributed by atoms with Crippen molar-refractivity contribution in [3.63, 3.8) is 0 Å². The molecule has 28 heavy (non-hydrogen) atoms. The van der Waals surface area contributed by atoms with E-state index >= 15 is 0 Å². The molecule has 3 rings (SSSR count). The number of nitrogens with one attached hydrogen (secondary N) is 2. The minimum atomic E-state index is -0.506. The van der Waals surface area contributed by atoms with Crippen LogP contribution in [0.3, 0.4) is 0 Å². The van der Waals surface area contributed by atoms with Crippen molar-refractivity contribution in [1.82, 2.24) is 10.9 Å². The maximum absolute atomic E-state index is 12.2. The zero-order valence-electron chi connectivity index (χ0n) is 15.6. The van der Waals surface area contributed by atoms with Gasteiger partial charge in [-0.2, -0.15) is 0 Å². The minimum Gasteiger partial charge on any atom is -0.455 e. The number of hydrogen-bond donors (Lipinski definition) is 2. The standard InChI is InChI=1S/C21H21N3O3S/c1-24(2)16-8-6-7-15(13-16)20(25)22-23-21(26)19-12-11-17(27-19)14-28-18-9-4-3-5-10-18/h3-13H,14H2,1-2H3,(H,22,25)(H,23,26). The van der Waals surface area contributed by atoms with E-state index in [4.69, 9.17) is 4.42 Å². The molecule has 0 saturated heterocycles. The summed E-state index contributed by atoms with van der Waals surface area (Å²) in [5, 5.41) is 0. The second kappa shape index (κ2) is 9.14. The molecule has 0 aliphatic rings. The second-order valence-corrected chi connectivity index (χ2v) is 7.27. The smallest absolute Gasteiger partial charge is 0.305 e. The van der Waals surface area contributed by atoms with Crippen molar-refractivity contribution in [3.8, 4) is 0 Å². The Morgan fingerprint density at radius 1 is 0.929 bits per heavy atom. The summed E-state index contributed by atoms with van der Waals surface area (Å²) in [5.74, 6) is 0.535. The van der Waals surface area contributed by atoms with Gasteiger partial charge in [0.25, 0.3) is 5.91 Å². The lowest BCUT2D eigenvalue weighted by Crippen LogP contribution is -2.41. The van der Waals surface area contributed by atoms with E-state index in [-0.39, 0.29) is 5.76 Å². The van der Waals surface area contributed by atoms with Gasteiger partial charge in [0.15, 0.2) is 5.76 Å². The van der Waals surface area contributed by atoms with E-state index in [1.807, 2.05) is 55.4 Å². The summed E-state index contributed by atoms with van der Waals surface area (Å²) in [4.78, 5) is 27.5. The zero-order valence-corrected chi connectivity index (χ0v) is 16.5. The van der Waals surface area contributed by atoms with Crippen LogP contribution < -0.4 is 15.8 Å². The molecule has 144 valence electrons. The molecule has 2 N–H and O–H groups in total. The Morgan fingerprint density at radius 2 is 1.68 bits per heavy atom. The quantitative estimate of drug-likeness (QED) is 0.492. The third-order valence-electron chi connectivity index (χ3n) is 3.92. The molecule has 7 heteroatoms. The molecular weight excluding hydrogens is 374 g/mol. The van der Waals surface area contributed by atoms with Crippen molar-refractivity contribution in [1.29, 1.82) is 0 Å². The highest BCUT2D eigenvalue weighted by molar-refractivity contribution is 7.98. The van der Waals surface area contributed by atoms with Crippen LogP contribution in [0, 0.1) is 0 Å². The van der Waals surface area contributed by atoms with Crippen molar-refractivity contribution < 1.29 is 14.0 Å². The number of amides is 2. The van der Waals surface area contributed by atoms with Gasteiger partial charge in [0.1, 0.15) is 5.76 Å². The zero-order chi connectivity index (χ0) is 19.9. The predicted octanol–water partition coefficient (Wildman–Crippen LogP) is 3.71. The van der Waals surface area contributed by atoms with Crippen molar-refractivity contribution in [3.05, 3.63) is 83.8 Å². The number of hydrogen-bond acceptors (Lipinski definition) is 5. The molecule has 0 atom stereocenters. The van der Waals surface area contributed by atoms with E-state index < -0.39 is 11.8 Å². The first kappa shape index (κ1) is 19.6. The summed E-state index contributed by atoms with van der Waals surface area (Å²) in [6.45, 7) is 0. The van der Waals surface area contributed by atoms with Gasteiger partial charge in [-0.3, -0.25) is 20.4 Å². The molecule has 2 amide bonds. The molecule has 6 nitrogen and oxygen atoms in total. The lowest BCUT2D eigenvalue weighted by atomic mass is 10.2. The van der Waals surface area contributed by atoms with Crippen LogP contribution in [0.1, 0.15) is 26.7 Å². The Bertz CT molecular complexity index is 954. The summed E-state index contributed by atoms with van der Waals surface area (Å²) in [6.07, 6.45) is 0. The molecule has 0 saturated carbocycles. The lowest BCUT2D eigenvalue weighted by Gasteiger charge is -2.13. The minimum absolute atomic E-state index is 0.144. The summed E-state index contributed by atoms with van der Waals surface area (Å²) in [5.41, 5.74) is 6.13. The van der Waals surface area contributed by atoms with E-state index in [2.05, 4.69) is 10.9 Å². The van der Waals surface area contributed by atoms with Crippen LogP contribution in [0.2, 0.25) is 0 Å². The van der Waals surface area contributed by atoms with Crippen LogP contribution in [0.25, 0.3) is 0 Å². The molecule has 0 bridgehead atoms. The first-order valence-electron chi connectivity index (χ1n) is 8.67. The SMILES string of the molecule is CN(C)c1cccc(C(=O)NNC(=O)c2ccc(CSc3ccccc3)o2)c1. The second-order valence-electron chi connectivity index (χ2n) is 6.22. The maximum Gasteiger partial charge on any atom is 0.305 e. The largest absolute Gasteiger partial charge is 0.455 e. The van der Waals surface area contributed by atoms with Crippen LogP contribution >= 0.6 is 11.8 Å². The Kier molecular flexibility index (Phi) is 6.39. The molecule has 0 unspecified atom stereocenters. The number of thioether (sulfide) groups is 1. The van der Waals surface area contributed by atoms with E-state index in [1.165, 1.54) is 0 Å². The Hall–Kier alpha value is -3.19. The topological polar surface area (TPSA) is 74.6 Å². The molecule has 0 fully saturated rings. The highest BCUT2D eigenvalue weighted by Gasteiger charge is 2.13. The average molecular weight is 395 g/mol. The van der Waals surface area contributed by atoms with Gasteiger partial charge in [0, 0.05) is 30.2 Å². The summed E-state index contributed by atoms with van der Waals surface area (Å²) >= 11 is 1.62. The number of benzene rings is 2.